The zero-order valence-corrected chi connectivity index (χ0v) is 17.0. The number of hydrogen-bond acceptors (Lipinski definition) is 4. The van der Waals surface area contributed by atoms with Crippen molar-refractivity contribution in [1.82, 2.24) is 9.78 Å². The zero-order chi connectivity index (χ0) is 20.1. The molecule has 1 N–H and O–H groups in total. The summed E-state index contributed by atoms with van der Waals surface area (Å²) in [5.74, 6) is 0.322. The van der Waals surface area contributed by atoms with Gasteiger partial charge >= 0.3 is 5.97 Å². The van der Waals surface area contributed by atoms with Gasteiger partial charge in [0.25, 0.3) is 0 Å². The third kappa shape index (κ3) is 3.65. The number of aromatic nitrogens is 2. The molecule has 0 bridgehead atoms. The molecule has 2 aromatic rings. The first-order valence-electron chi connectivity index (χ1n) is 9.98. The van der Waals surface area contributed by atoms with E-state index >= 15 is 0 Å². The Morgan fingerprint density at radius 2 is 2.11 bits per heavy atom. The van der Waals surface area contributed by atoms with Gasteiger partial charge < -0.3 is 14.6 Å². The highest BCUT2D eigenvalue weighted by Crippen LogP contribution is 2.47. The molecule has 1 aromatic carbocycles. The van der Waals surface area contributed by atoms with E-state index in [2.05, 4.69) is 6.07 Å². The topological polar surface area (TPSA) is 73.6 Å². The lowest BCUT2D eigenvalue weighted by atomic mass is 9.94. The summed E-state index contributed by atoms with van der Waals surface area (Å²) in [6.07, 6.45) is 3.08. The van der Waals surface area contributed by atoms with E-state index in [1.54, 1.807) is 4.68 Å². The Hall–Kier alpha value is -2.34. The number of aliphatic carboxylic acids is 1. The van der Waals surface area contributed by atoms with E-state index in [0.717, 1.165) is 54.9 Å². The molecule has 1 atom stereocenters. The van der Waals surface area contributed by atoms with Crippen molar-refractivity contribution in [1.29, 1.82) is 0 Å². The van der Waals surface area contributed by atoms with Crippen LogP contribution >= 0.6 is 0 Å². The summed E-state index contributed by atoms with van der Waals surface area (Å²) in [4.78, 5) is 12.2. The fourth-order valence-corrected chi connectivity index (χ4v) is 3.89. The van der Waals surface area contributed by atoms with Crippen molar-refractivity contribution in [3.63, 3.8) is 0 Å². The summed E-state index contributed by atoms with van der Waals surface area (Å²) in [7, 11) is 1.81. The van der Waals surface area contributed by atoms with Crippen LogP contribution < -0.4 is 4.74 Å². The van der Waals surface area contributed by atoms with Gasteiger partial charge in [-0.2, -0.15) is 5.10 Å². The van der Waals surface area contributed by atoms with E-state index in [0.29, 0.717) is 11.6 Å². The fourth-order valence-electron chi connectivity index (χ4n) is 3.89. The van der Waals surface area contributed by atoms with E-state index in [9.17, 15) is 9.90 Å². The molecule has 150 valence electrons. The highest BCUT2D eigenvalue weighted by atomic mass is 16.5. The standard InChI is InChI=1S/C22H28N2O4/c1-22(2,3)28-20(21(25)26)19-17(18(13-7-8-13)23-24(19)4)15-9-10-16-14(12-15)6-5-11-27-16/h9-10,12-13,20H,5-8,11H2,1-4H3,(H,25,26). The molecule has 2 aliphatic rings. The Bertz CT molecular complexity index is 906. The minimum Gasteiger partial charge on any atom is -0.493 e. The molecule has 6 nitrogen and oxygen atoms in total. The number of carboxylic acid groups (broad SMARTS) is 1. The van der Waals surface area contributed by atoms with E-state index in [4.69, 9.17) is 14.6 Å². The Morgan fingerprint density at radius 1 is 1.36 bits per heavy atom. The minimum atomic E-state index is -1.08. The molecule has 0 saturated heterocycles. The second-order valence-corrected chi connectivity index (χ2v) is 8.77. The number of rotatable bonds is 5. The van der Waals surface area contributed by atoms with Crippen LogP contribution in [-0.4, -0.2) is 33.1 Å². The lowest BCUT2D eigenvalue weighted by Gasteiger charge is -2.26. The predicted octanol–water partition coefficient (Wildman–Crippen LogP) is 4.23. The quantitative estimate of drug-likeness (QED) is 0.835. The first kappa shape index (κ1) is 19.0. The first-order valence-corrected chi connectivity index (χ1v) is 9.98. The van der Waals surface area contributed by atoms with Crippen molar-refractivity contribution in [3.05, 3.63) is 35.2 Å². The lowest BCUT2D eigenvalue weighted by Crippen LogP contribution is -2.29. The summed E-state index contributed by atoms with van der Waals surface area (Å²) in [5, 5.41) is 14.7. The molecule has 2 heterocycles. The highest BCUT2D eigenvalue weighted by Gasteiger charge is 2.38. The van der Waals surface area contributed by atoms with Gasteiger partial charge in [-0.05, 0) is 69.7 Å². The van der Waals surface area contributed by atoms with Crippen LogP contribution in [0.25, 0.3) is 11.1 Å². The second-order valence-electron chi connectivity index (χ2n) is 8.77. The summed E-state index contributed by atoms with van der Waals surface area (Å²) >= 11 is 0. The molecule has 0 amide bonds. The second kappa shape index (κ2) is 6.92. The molecule has 1 aromatic heterocycles. The number of fused-ring (bicyclic) bond motifs is 1. The van der Waals surface area contributed by atoms with E-state index in [-0.39, 0.29) is 0 Å². The van der Waals surface area contributed by atoms with Crippen LogP contribution in [0, 0.1) is 0 Å². The molecule has 1 saturated carbocycles. The van der Waals surface area contributed by atoms with Crippen molar-refractivity contribution < 1.29 is 19.4 Å². The minimum absolute atomic E-state index is 0.395. The average Bonchev–Trinajstić information content (AvgIpc) is 3.41. The van der Waals surface area contributed by atoms with Gasteiger partial charge in [-0.25, -0.2) is 4.79 Å². The largest absolute Gasteiger partial charge is 0.493 e. The van der Waals surface area contributed by atoms with Crippen molar-refractivity contribution >= 4 is 5.97 Å². The van der Waals surface area contributed by atoms with Crippen molar-refractivity contribution in [3.8, 4) is 16.9 Å². The van der Waals surface area contributed by atoms with Crippen LogP contribution in [0.3, 0.4) is 0 Å². The Balaban J connectivity index is 1.87. The predicted molar refractivity (Wildman–Crippen MR) is 106 cm³/mol. The molecule has 1 aliphatic heterocycles. The molecule has 1 fully saturated rings. The molecule has 28 heavy (non-hydrogen) atoms. The Morgan fingerprint density at radius 3 is 2.75 bits per heavy atom. The number of aryl methyl sites for hydroxylation is 2. The van der Waals surface area contributed by atoms with Crippen LogP contribution in [-0.2, 0) is 23.0 Å². The number of nitrogens with zero attached hydrogens (tertiary/aromatic N) is 2. The third-order valence-corrected chi connectivity index (χ3v) is 5.22. The van der Waals surface area contributed by atoms with Crippen molar-refractivity contribution in [2.75, 3.05) is 6.61 Å². The van der Waals surface area contributed by atoms with E-state index in [1.165, 1.54) is 5.56 Å². The molecule has 1 aliphatic carbocycles. The maximum Gasteiger partial charge on any atom is 0.339 e. The number of benzene rings is 1. The Labute approximate surface area is 165 Å². The highest BCUT2D eigenvalue weighted by molar-refractivity contribution is 5.81. The normalized spacial score (nSPS) is 17.7. The zero-order valence-electron chi connectivity index (χ0n) is 17.0. The molecule has 1 unspecified atom stereocenters. The van der Waals surface area contributed by atoms with Gasteiger partial charge in [-0.3, -0.25) is 4.68 Å². The number of hydrogen-bond donors (Lipinski definition) is 1. The lowest BCUT2D eigenvalue weighted by molar-refractivity contribution is -0.161. The van der Waals surface area contributed by atoms with Crippen LogP contribution in [0.1, 0.15) is 69.0 Å². The average molecular weight is 384 g/mol. The fraction of sp³-hybridized carbons (Fsp3) is 0.545. The van der Waals surface area contributed by atoms with E-state index < -0.39 is 17.7 Å². The molecule has 4 rings (SSSR count). The number of ether oxygens (including phenoxy) is 2. The molecular weight excluding hydrogens is 356 g/mol. The summed E-state index contributed by atoms with van der Waals surface area (Å²) in [6.45, 7) is 6.36. The van der Waals surface area contributed by atoms with Crippen LogP contribution in [0.15, 0.2) is 18.2 Å². The Kier molecular flexibility index (Phi) is 4.70. The summed E-state index contributed by atoms with van der Waals surface area (Å²) in [6, 6.07) is 6.15. The molecular formula is C22H28N2O4. The molecule has 6 heteroatoms. The van der Waals surface area contributed by atoms with E-state index in [1.807, 2.05) is 40.0 Å². The first-order chi connectivity index (χ1) is 13.2. The number of carboxylic acids is 1. The van der Waals surface area contributed by atoms with Crippen molar-refractivity contribution in [2.45, 2.75) is 64.1 Å². The van der Waals surface area contributed by atoms with Gasteiger partial charge in [0.1, 0.15) is 5.75 Å². The number of carbonyl (C=O) groups is 1. The van der Waals surface area contributed by atoms with Gasteiger partial charge in [0, 0.05) is 18.5 Å². The van der Waals surface area contributed by atoms with Gasteiger partial charge in [0.15, 0.2) is 6.10 Å². The summed E-state index contributed by atoms with van der Waals surface area (Å²) in [5.41, 5.74) is 4.09. The van der Waals surface area contributed by atoms with Crippen LogP contribution in [0.5, 0.6) is 5.75 Å². The maximum absolute atomic E-state index is 12.2. The van der Waals surface area contributed by atoms with Gasteiger partial charge in [0.05, 0.1) is 23.6 Å². The van der Waals surface area contributed by atoms with Gasteiger partial charge in [-0.1, -0.05) is 6.07 Å². The third-order valence-electron chi connectivity index (χ3n) is 5.22. The molecule has 0 radical (unpaired) electrons. The summed E-state index contributed by atoms with van der Waals surface area (Å²) < 4.78 is 13.4. The van der Waals surface area contributed by atoms with Crippen LogP contribution in [0.4, 0.5) is 0 Å². The van der Waals surface area contributed by atoms with Crippen molar-refractivity contribution in [2.24, 2.45) is 7.05 Å². The van der Waals surface area contributed by atoms with Gasteiger partial charge in [0.2, 0.25) is 0 Å². The SMILES string of the molecule is Cn1nc(C2CC2)c(-c2ccc3c(c2)CCCO3)c1C(OC(C)(C)C)C(=O)O. The maximum atomic E-state index is 12.2. The monoisotopic (exact) mass is 384 g/mol. The smallest absolute Gasteiger partial charge is 0.339 e. The molecule has 0 spiro atoms. The van der Waals surface area contributed by atoms with Crippen LogP contribution in [0.2, 0.25) is 0 Å². The van der Waals surface area contributed by atoms with Gasteiger partial charge in [-0.15, -0.1) is 0 Å².